The predicted molar refractivity (Wildman–Crippen MR) is 97.8 cm³/mol. The molecule has 0 aliphatic carbocycles. The fourth-order valence-electron chi connectivity index (χ4n) is 3.29. The SMILES string of the molecule is Cc1ccc(S(=O)(=O)NCC2CCN(c3ccc(F)cc3)C2)c(C)c1. The molecule has 1 atom stereocenters. The van der Waals surface area contributed by atoms with Crippen LogP contribution in [0.25, 0.3) is 0 Å². The number of aryl methyl sites for hydroxylation is 2. The van der Waals surface area contributed by atoms with Crippen LogP contribution >= 0.6 is 0 Å². The molecule has 1 aliphatic rings. The van der Waals surface area contributed by atoms with Gasteiger partial charge in [-0.2, -0.15) is 0 Å². The second-order valence-electron chi connectivity index (χ2n) is 6.70. The summed E-state index contributed by atoms with van der Waals surface area (Å²) in [4.78, 5) is 2.50. The Morgan fingerprint density at radius 2 is 1.88 bits per heavy atom. The number of sulfonamides is 1. The summed E-state index contributed by atoms with van der Waals surface area (Å²) in [6.07, 6.45) is 0.910. The highest BCUT2D eigenvalue weighted by atomic mass is 32.2. The van der Waals surface area contributed by atoms with Gasteiger partial charge in [-0.05, 0) is 62.1 Å². The van der Waals surface area contributed by atoms with E-state index in [1.807, 2.05) is 26.0 Å². The second kappa shape index (κ2) is 7.14. The molecule has 1 unspecified atom stereocenters. The quantitative estimate of drug-likeness (QED) is 0.888. The monoisotopic (exact) mass is 362 g/mol. The van der Waals surface area contributed by atoms with Crippen molar-refractivity contribution in [3.8, 4) is 0 Å². The van der Waals surface area contributed by atoms with Crippen LogP contribution in [0.1, 0.15) is 17.5 Å². The van der Waals surface area contributed by atoms with Gasteiger partial charge in [0.2, 0.25) is 10.0 Å². The normalized spacial score (nSPS) is 17.9. The van der Waals surface area contributed by atoms with E-state index in [-0.39, 0.29) is 11.7 Å². The van der Waals surface area contributed by atoms with Crippen molar-refractivity contribution >= 4 is 15.7 Å². The van der Waals surface area contributed by atoms with Crippen molar-refractivity contribution in [2.75, 3.05) is 24.5 Å². The van der Waals surface area contributed by atoms with Crippen LogP contribution in [0, 0.1) is 25.6 Å². The molecular formula is C19H23FN2O2S. The van der Waals surface area contributed by atoms with E-state index in [0.29, 0.717) is 11.4 Å². The van der Waals surface area contributed by atoms with E-state index in [2.05, 4.69) is 9.62 Å². The van der Waals surface area contributed by atoms with Crippen molar-refractivity contribution in [2.24, 2.45) is 5.92 Å². The topological polar surface area (TPSA) is 49.4 Å². The van der Waals surface area contributed by atoms with Gasteiger partial charge in [-0.3, -0.25) is 0 Å². The molecule has 25 heavy (non-hydrogen) atoms. The molecule has 0 amide bonds. The Labute approximate surface area is 148 Å². The summed E-state index contributed by atoms with van der Waals surface area (Å²) in [5, 5.41) is 0. The van der Waals surface area contributed by atoms with Gasteiger partial charge in [0.25, 0.3) is 0 Å². The van der Waals surface area contributed by atoms with Gasteiger partial charge in [-0.15, -0.1) is 0 Å². The molecule has 6 heteroatoms. The number of benzene rings is 2. The lowest BCUT2D eigenvalue weighted by atomic mass is 10.1. The molecule has 0 bridgehead atoms. The van der Waals surface area contributed by atoms with Crippen LogP contribution in [-0.2, 0) is 10.0 Å². The third-order valence-electron chi connectivity index (χ3n) is 4.66. The minimum absolute atomic E-state index is 0.241. The second-order valence-corrected chi connectivity index (χ2v) is 8.43. The van der Waals surface area contributed by atoms with Gasteiger partial charge in [-0.1, -0.05) is 17.7 Å². The summed E-state index contributed by atoms with van der Waals surface area (Å²) in [6, 6.07) is 11.8. The molecular weight excluding hydrogens is 339 g/mol. The van der Waals surface area contributed by atoms with E-state index < -0.39 is 10.0 Å². The third kappa shape index (κ3) is 4.19. The largest absolute Gasteiger partial charge is 0.371 e. The summed E-state index contributed by atoms with van der Waals surface area (Å²) < 4.78 is 40.9. The number of hydrogen-bond donors (Lipinski definition) is 1. The number of anilines is 1. The van der Waals surface area contributed by atoms with E-state index >= 15 is 0 Å². The first-order valence-electron chi connectivity index (χ1n) is 8.42. The van der Waals surface area contributed by atoms with Gasteiger partial charge in [-0.25, -0.2) is 17.5 Å². The van der Waals surface area contributed by atoms with Crippen molar-refractivity contribution in [1.29, 1.82) is 0 Å². The highest BCUT2D eigenvalue weighted by Crippen LogP contribution is 2.24. The Morgan fingerprint density at radius 3 is 2.56 bits per heavy atom. The van der Waals surface area contributed by atoms with Crippen LogP contribution in [0.5, 0.6) is 0 Å². The van der Waals surface area contributed by atoms with Gasteiger partial charge in [0.05, 0.1) is 4.90 Å². The first-order valence-corrected chi connectivity index (χ1v) is 9.91. The molecule has 1 N–H and O–H groups in total. The molecule has 2 aromatic carbocycles. The molecule has 0 aromatic heterocycles. The Kier molecular flexibility index (Phi) is 5.11. The van der Waals surface area contributed by atoms with Crippen molar-refractivity contribution in [1.82, 2.24) is 4.72 Å². The van der Waals surface area contributed by atoms with Crippen molar-refractivity contribution in [3.05, 3.63) is 59.4 Å². The fraction of sp³-hybridized carbons (Fsp3) is 0.368. The zero-order chi connectivity index (χ0) is 18.0. The maximum atomic E-state index is 13.0. The van der Waals surface area contributed by atoms with Crippen LogP contribution < -0.4 is 9.62 Å². The Balaban J connectivity index is 1.61. The van der Waals surface area contributed by atoms with Crippen LogP contribution in [0.2, 0.25) is 0 Å². The van der Waals surface area contributed by atoms with Crippen molar-refractivity contribution in [2.45, 2.75) is 25.2 Å². The molecule has 1 fully saturated rings. The van der Waals surface area contributed by atoms with Crippen LogP contribution in [0.4, 0.5) is 10.1 Å². The molecule has 134 valence electrons. The smallest absolute Gasteiger partial charge is 0.240 e. The van der Waals surface area contributed by atoms with Crippen molar-refractivity contribution in [3.63, 3.8) is 0 Å². The zero-order valence-electron chi connectivity index (χ0n) is 14.5. The maximum Gasteiger partial charge on any atom is 0.240 e. The van der Waals surface area contributed by atoms with Gasteiger partial charge in [0, 0.05) is 25.3 Å². The molecule has 0 saturated carbocycles. The lowest BCUT2D eigenvalue weighted by Gasteiger charge is -2.19. The zero-order valence-corrected chi connectivity index (χ0v) is 15.3. The highest BCUT2D eigenvalue weighted by molar-refractivity contribution is 7.89. The molecule has 0 spiro atoms. The first-order chi connectivity index (χ1) is 11.8. The van der Waals surface area contributed by atoms with E-state index in [9.17, 15) is 12.8 Å². The lowest BCUT2D eigenvalue weighted by molar-refractivity contribution is 0.541. The van der Waals surface area contributed by atoms with Crippen molar-refractivity contribution < 1.29 is 12.8 Å². The molecule has 0 radical (unpaired) electrons. The molecule has 3 rings (SSSR count). The van der Waals surface area contributed by atoms with Gasteiger partial charge >= 0.3 is 0 Å². The minimum atomic E-state index is -3.50. The molecule has 2 aromatic rings. The number of nitrogens with one attached hydrogen (secondary N) is 1. The summed E-state index contributed by atoms with van der Waals surface area (Å²) in [5.41, 5.74) is 2.77. The van der Waals surface area contributed by atoms with Gasteiger partial charge < -0.3 is 4.90 Å². The summed E-state index contributed by atoms with van der Waals surface area (Å²) in [5.74, 6) is -0.00805. The van der Waals surface area contributed by atoms with Crippen LogP contribution in [0.3, 0.4) is 0 Å². The first kappa shape index (κ1) is 17.9. The molecule has 1 aliphatic heterocycles. The van der Waals surface area contributed by atoms with Crippen LogP contribution in [0.15, 0.2) is 47.4 Å². The number of rotatable bonds is 5. The standard InChI is InChI=1S/C19H23FN2O2S/c1-14-3-8-19(15(2)11-14)25(23,24)21-12-16-9-10-22(13-16)18-6-4-17(20)5-7-18/h3-8,11,16,21H,9-10,12-13H2,1-2H3. The van der Waals surface area contributed by atoms with E-state index in [0.717, 1.165) is 36.3 Å². The number of hydrogen-bond acceptors (Lipinski definition) is 3. The lowest BCUT2D eigenvalue weighted by Crippen LogP contribution is -2.31. The van der Waals surface area contributed by atoms with Crippen LogP contribution in [-0.4, -0.2) is 28.1 Å². The van der Waals surface area contributed by atoms with E-state index in [1.165, 1.54) is 12.1 Å². The van der Waals surface area contributed by atoms with Gasteiger partial charge in [0.15, 0.2) is 0 Å². The molecule has 1 saturated heterocycles. The summed E-state index contributed by atoms with van der Waals surface area (Å²) in [6.45, 7) is 5.78. The predicted octanol–water partition coefficient (Wildman–Crippen LogP) is 3.25. The minimum Gasteiger partial charge on any atom is -0.371 e. The maximum absolute atomic E-state index is 13.0. The fourth-order valence-corrected chi connectivity index (χ4v) is 4.63. The van der Waals surface area contributed by atoms with Gasteiger partial charge in [0.1, 0.15) is 5.82 Å². The highest BCUT2D eigenvalue weighted by Gasteiger charge is 2.25. The third-order valence-corrected chi connectivity index (χ3v) is 6.24. The number of nitrogens with zero attached hydrogens (tertiary/aromatic N) is 1. The summed E-state index contributed by atoms with van der Waals surface area (Å²) in [7, 11) is -3.50. The Hall–Kier alpha value is -1.92. The Morgan fingerprint density at radius 1 is 1.16 bits per heavy atom. The van der Waals surface area contributed by atoms with E-state index in [4.69, 9.17) is 0 Å². The number of halogens is 1. The molecule has 4 nitrogen and oxygen atoms in total. The average Bonchev–Trinajstić information content (AvgIpc) is 3.02. The molecule has 1 heterocycles. The average molecular weight is 362 g/mol. The Bertz CT molecular complexity index is 850. The summed E-state index contributed by atoms with van der Waals surface area (Å²) >= 11 is 0. The van der Waals surface area contributed by atoms with E-state index in [1.54, 1.807) is 18.2 Å².